The van der Waals surface area contributed by atoms with Crippen LogP contribution in [0.1, 0.15) is 51.9 Å². The molecular formula is C29H24FNO7. The smallest absolute Gasteiger partial charge is 0.338 e. The van der Waals surface area contributed by atoms with Crippen molar-refractivity contribution in [3.8, 4) is 11.5 Å². The third-order valence-corrected chi connectivity index (χ3v) is 6.29. The number of benzene rings is 3. The second-order valence-electron chi connectivity index (χ2n) is 8.50. The molecule has 38 heavy (non-hydrogen) atoms. The van der Waals surface area contributed by atoms with Crippen molar-refractivity contribution in [2.75, 3.05) is 25.2 Å². The molecule has 9 heteroatoms. The summed E-state index contributed by atoms with van der Waals surface area (Å²) in [7, 11) is 1.49. The van der Waals surface area contributed by atoms with Crippen LogP contribution in [0.25, 0.3) is 11.0 Å². The predicted octanol–water partition coefficient (Wildman–Crippen LogP) is 5.27. The van der Waals surface area contributed by atoms with Crippen LogP contribution in [0.4, 0.5) is 10.1 Å². The molecular weight excluding hydrogens is 493 g/mol. The second kappa shape index (κ2) is 10.0. The van der Waals surface area contributed by atoms with E-state index in [1.807, 2.05) is 6.92 Å². The molecule has 1 aliphatic rings. The Labute approximate surface area is 217 Å². The number of carbonyl (C=O) groups excluding carboxylic acids is 2. The van der Waals surface area contributed by atoms with Crippen LogP contribution in [0, 0.1) is 5.82 Å². The number of esters is 1. The van der Waals surface area contributed by atoms with Gasteiger partial charge in [0.05, 0.1) is 42.9 Å². The summed E-state index contributed by atoms with van der Waals surface area (Å²) in [6.45, 7) is 4.20. The van der Waals surface area contributed by atoms with Gasteiger partial charge in [-0.05, 0) is 74.0 Å². The molecule has 2 heterocycles. The molecule has 1 unspecified atom stereocenters. The predicted molar refractivity (Wildman–Crippen MR) is 138 cm³/mol. The SMILES string of the molecule is CCOC(=O)c1ccc(N2C(=O)c3oc4ccc(F)cc4c(=O)c3C2c2ccc(OCC)c(OC)c2)cc1. The number of anilines is 1. The van der Waals surface area contributed by atoms with E-state index >= 15 is 0 Å². The molecule has 4 aromatic rings. The van der Waals surface area contributed by atoms with Gasteiger partial charge in [0.15, 0.2) is 16.9 Å². The first-order valence-electron chi connectivity index (χ1n) is 12.1. The summed E-state index contributed by atoms with van der Waals surface area (Å²) in [6, 6.07) is 14.1. The molecule has 0 bridgehead atoms. The van der Waals surface area contributed by atoms with Crippen molar-refractivity contribution in [1.82, 2.24) is 0 Å². The Morgan fingerprint density at radius 1 is 0.974 bits per heavy atom. The zero-order chi connectivity index (χ0) is 27.0. The number of ether oxygens (including phenoxy) is 3. The Morgan fingerprint density at radius 3 is 2.42 bits per heavy atom. The Hall–Kier alpha value is -4.66. The van der Waals surface area contributed by atoms with Gasteiger partial charge in [0, 0.05) is 5.69 Å². The second-order valence-corrected chi connectivity index (χ2v) is 8.50. The number of hydrogen-bond acceptors (Lipinski definition) is 7. The molecule has 5 rings (SSSR count). The maximum absolute atomic E-state index is 14.1. The summed E-state index contributed by atoms with van der Waals surface area (Å²) < 4.78 is 36.1. The average molecular weight is 518 g/mol. The van der Waals surface area contributed by atoms with Crippen molar-refractivity contribution in [2.45, 2.75) is 19.9 Å². The molecule has 0 radical (unpaired) electrons. The number of amides is 1. The van der Waals surface area contributed by atoms with Crippen LogP contribution in [-0.4, -0.2) is 32.2 Å². The van der Waals surface area contributed by atoms with E-state index < -0.39 is 29.2 Å². The van der Waals surface area contributed by atoms with Gasteiger partial charge in [0.1, 0.15) is 11.4 Å². The largest absolute Gasteiger partial charge is 0.493 e. The van der Waals surface area contributed by atoms with Crippen molar-refractivity contribution >= 4 is 28.5 Å². The Kier molecular flexibility index (Phi) is 6.59. The highest BCUT2D eigenvalue weighted by molar-refractivity contribution is 6.10. The highest BCUT2D eigenvalue weighted by Gasteiger charge is 2.44. The normalized spacial score (nSPS) is 14.5. The molecule has 1 aromatic heterocycles. The third-order valence-electron chi connectivity index (χ3n) is 6.29. The first-order chi connectivity index (χ1) is 18.4. The number of methoxy groups -OCH3 is 1. The minimum Gasteiger partial charge on any atom is -0.493 e. The van der Waals surface area contributed by atoms with Gasteiger partial charge in [-0.2, -0.15) is 0 Å². The molecule has 1 aliphatic heterocycles. The fraction of sp³-hybridized carbons (Fsp3) is 0.207. The van der Waals surface area contributed by atoms with E-state index in [0.717, 1.165) is 12.1 Å². The monoisotopic (exact) mass is 517 g/mol. The highest BCUT2D eigenvalue weighted by atomic mass is 19.1. The van der Waals surface area contributed by atoms with Crippen LogP contribution >= 0.6 is 0 Å². The number of rotatable bonds is 7. The topological polar surface area (TPSA) is 95.3 Å². The first kappa shape index (κ1) is 25.0. The number of nitrogens with zero attached hydrogens (tertiary/aromatic N) is 1. The lowest BCUT2D eigenvalue weighted by Crippen LogP contribution is -2.29. The van der Waals surface area contributed by atoms with Crippen LogP contribution in [0.5, 0.6) is 11.5 Å². The molecule has 194 valence electrons. The van der Waals surface area contributed by atoms with E-state index in [1.165, 1.54) is 18.1 Å². The Morgan fingerprint density at radius 2 is 1.74 bits per heavy atom. The van der Waals surface area contributed by atoms with Gasteiger partial charge in [-0.3, -0.25) is 14.5 Å². The summed E-state index contributed by atoms with van der Waals surface area (Å²) in [5.74, 6) is -0.861. The molecule has 0 saturated heterocycles. The zero-order valence-corrected chi connectivity index (χ0v) is 20.9. The van der Waals surface area contributed by atoms with Crippen molar-refractivity contribution < 1.29 is 32.6 Å². The van der Waals surface area contributed by atoms with E-state index in [2.05, 4.69) is 0 Å². The standard InChI is InChI=1S/C29H24FNO7/c1-4-36-22-12-8-17(14-23(22)35-3)25-24-26(32)20-15-18(30)9-13-21(20)38-27(24)28(33)31(25)19-10-6-16(7-11-19)29(34)37-5-2/h6-15,25H,4-5H2,1-3H3. The molecule has 0 N–H and O–H groups in total. The van der Waals surface area contributed by atoms with Crippen LogP contribution in [0.3, 0.4) is 0 Å². The number of halogens is 1. The van der Waals surface area contributed by atoms with E-state index in [-0.39, 0.29) is 28.9 Å². The maximum atomic E-state index is 14.1. The van der Waals surface area contributed by atoms with Crippen molar-refractivity contribution in [3.63, 3.8) is 0 Å². The Balaban J connectivity index is 1.72. The first-order valence-corrected chi connectivity index (χ1v) is 12.1. The van der Waals surface area contributed by atoms with Gasteiger partial charge >= 0.3 is 5.97 Å². The summed E-state index contributed by atoms with van der Waals surface area (Å²) in [4.78, 5) is 41.0. The van der Waals surface area contributed by atoms with Gasteiger partial charge in [-0.25, -0.2) is 9.18 Å². The fourth-order valence-electron chi connectivity index (χ4n) is 4.63. The van der Waals surface area contributed by atoms with Crippen LogP contribution in [0.2, 0.25) is 0 Å². The van der Waals surface area contributed by atoms with Gasteiger partial charge in [0.2, 0.25) is 5.76 Å². The average Bonchev–Trinajstić information content (AvgIpc) is 3.22. The van der Waals surface area contributed by atoms with E-state index in [9.17, 15) is 18.8 Å². The van der Waals surface area contributed by atoms with Gasteiger partial charge in [0.25, 0.3) is 5.91 Å². The van der Waals surface area contributed by atoms with E-state index in [0.29, 0.717) is 34.9 Å². The molecule has 0 fully saturated rings. The van der Waals surface area contributed by atoms with Crippen LogP contribution in [-0.2, 0) is 4.74 Å². The number of hydrogen-bond donors (Lipinski definition) is 0. The Bertz CT molecular complexity index is 1610. The van der Waals surface area contributed by atoms with E-state index in [4.69, 9.17) is 18.6 Å². The minimum absolute atomic E-state index is 0.0268. The van der Waals surface area contributed by atoms with Crippen molar-refractivity contribution in [3.05, 3.63) is 99.2 Å². The number of carbonyl (C=O) groups is 2. The lowest BCUT2D eigenvalue weighted by molar-refractivity contribution is 0.0526. The van der Waals surface area contributed by atoms with Gasteiger partial charge in [-0.15, -0.1) is 0 Å². The lowest BCUT2D eigenvalue weighted by atomic mass is 9.97. The van der Waals surface area contributed by atoms with E-state index in [1.54, 1.807) is 49.4 Å². The molecule has 1 atom stereocenters. The summed E-state index contributed by atoms with van der Waals surface area (Å²) >= 11 is 0. The third kappa shape index (κ3) is 4.15. The zero-order valence-electron chi connectivity index (χ0n) is 20.9. The quantitative estimate of drug-likeness (QED) is 0.308. The molecule has 3 aromatic carbocycles. The summed E-state index contributed by atoms with van der Waals surface area (Å²) in [6.07, 6.45) is 0. The van der Waals surface area contributed by atoms with Crippen LogP contribution < -0.4 is 19.8 Å². The summed E-state index contributed by atoms with van der Waals surface area (Å²) in [5.41, 5.74) is 0.948. The maximum Gasteiger partial charge on any atom is 0.338 e. The van der Waals surface area contributed by atoms with Gasteiger partial charge < -0.3 is 18.6 Å². The molecule has 0 spiro atoms. The van der Waals surface area contributed by atoms with Crippen LogP contribution in [0.15, 0.2) is 69.9 Å². The van der Waals surface area contributed by atoms with Crippen molar-refractivity contribution in [1.29, 1.82) is 0 Å². The lowest BCUT2D eigenvalue weighted by Gasteiger charge is -2.26. The minimum atomic E-state index is -0.917. The number of fused-ring (bicyclic) bond motifs is 2. The molecule has 0 aliphatic carbocycles. The molecule has 1 amide bonds. The molecule has 0 saturated carbocycles. The molecule has 8 nitrogen and oxygen atoms in total. The fourth-order valence-corrected chi connectivity index (χ4v) is 4.63. The summed E-state index contributed by atoms with van der Waals surface area (Å²) in [5, 5.41) is 0.0268. The van der Waals surface area contributed by atoms with Crippen molar-refractivity contribution in [2.24, 2.45) is 0 Å². The van der Waals surface area contributed by atoms with Gasteiger partial charge in [-0.1, -0.05) is 6.07 Å². The highest BCUT2D eigenvalue weighted by Crippen LogP contribution is 2.43.